The van der Waals surface area contributed by atoms with Crippen LogP contribution in [0.1, 0.15) is 39.7 Å². The quantitative estimate of drug-likeness (QED) is 0.882. The molecule has 0 aliphatic carbocycles. The molecule has 100 valence electrons. The molecule has 1 aromatic rings. The molecule has 0 bridgehead atoms. The van der Waals surface area contributed by atoms with Crippen LogP contribution in [0.4, 0.5) is 0 Å². The molecule has 2 heteroatoms. The minimum atomic E-state index is 0.227. The van der Waals surface area contributed by atoms with Crippen molar-refractivity contribution >= 4 is 0 Å². The Balaban J connectivity index is 2.13. The largest absolute Gasteiger partial charge is 0.308 e. The van der Waals surface area contributed by atoms with Gasteiger partial charge in [0.25, 0.3) is 0 Å². The molecule has 18 heavy (non-hydrogen) atoms. The van der Waals surface area contributed by atoms with Gasteiger partial charge in [0.05, 0.1) is 0 Å². The summed E-state index contributed by atoms with van der Waals surface area (Å²) in [5.41, 5.74) is 1.89. The summed E-state index contributed by atoms with van der Waals surface area (Å²) in [6.45, 7) is 12.5. The molecule has 0 saturated carbocycles. The minimum Gasteiger partial charge on any atom is -0.308 e. The Morgan fingerprint density at radius 3 is 2.44 bits per heavy atom. The van der Waals surface area contributed by atoms with E-state index >= 15 is 0 Å². The van der Waals surface area contributed by atoms with Crippen LogP contribution in [0.5, 0.6) is 0 Å². The first-order valence-corrected chi connectivity index (χ1v) is 6.99. The van der Waals surface area contributed by atoms with E-state index in [9.17, 15) is 0 Å². The van der Waals surface area contributed by atoms with Crippen LogP contribution >= 0.6 is 0 Å². The maximum Gasteiger partial charge on any atom is 0.0282 e. The highest BCUT2D eigenvalue weighted by molar-refractivity contribution is 5.15. The van der Waals surface area contributed by atoms with Crippen molar-refractivity contribution in [2.45, 2.75) is 51.7 Å². The van der Waals surface area contributed by atoms with Gasteiger partial charge in [-0.05, 0) is 32.8 Å². The zero-order chi connectivity index (χ0) is 13.2. The topological polar surface area (TPSA) is 15.3 Å². The molecule has 0 amide bonds. The second-order valence-electron chi connectivity index (χ2n) is 6.42. The number of rotatable bonds is 3. The second-order valence-corrected chi connectivity index (χ2v) is 6.42. The molecular formula is C16H26N2. The first kappa shape index (κ1) is 13.6. The number of hydrogen-bond donors (Lipinski definition) is 1. The fraction of sp³-hybridized carbons (Fsp3) is 0.625. The summed E-state index contributed by atoms with van der Waals surface area (Å²) >= 11 is 0. The van der Waals surface area contributed by atoms with Gasteiger partial charge in [0.1, 0.15) is 0 Å². The normalized spacial score (nSPS) is 28.2. The van der Waals surface area contributed by atoms with Crippen LogP contribution in [-0.4, -0.2) is 29.1 Å². The molecular weight excluding hydrogens is 220 g/mol. The van der Waals surface area contributed by atoms with Crippen LogP contribution in [0, 0.1) is 0 Å². The zero-order valence-electron chi connectivity index (χ0n) is 12.2. The average Bonchev–Trinajstić information content (AvgIpc) is 2.36. The van der Waals surface area contributed by atoms with Crippen molar-refractivity contribution in [3.63, 3.8) is 0 Å². The lowest BCUT2D eigenvalue weighted by Gasteiger charge is -2.50. The first-order valence-electron chi connectivity index (χ1n) is 6.99. The van der Waals surface area contributed by atoms with Gasteiger partial charge in [0.15, 0.2) is 0 Å². The van der Waals surface area contributed by atoms with Crippen molar-refractivity contribution in [3.8, 4) is 0 Å². The van der Waals surface area contributed by atoms with Gasteiger partial charge in [-0.1, -0.05) is 37.3 Å². The lowest BCUT2D eigenvalue weighted by atomic mass is 9.88. The van der Waals surface area contributed by atoms with E-state index in [2.05, 4.69) is 68.2 Å². The third-order valence-corrected chi connectivity index (χ3v) is 4.34. The molecule has 1 heterocycles. The van der Waals surface area contributed by atoms with Crippen LogP contribution in [0.25, 0.3) is 0 Å². The highest BCUT2D eigenvalue weighted by Gasteiger charge is 2.38. The Kier molecular flexibility index (Phi) is 3.79. The molecule has 1 aliphatic heterocycles. The molecule has 2 rings (SSSR count). The average molecular weight is 246 g/mol. The van der Waals surface area contributed by atoms with Crippen LogP contribution in [0.3, 0.4) is 0 Å². The summed E-state index contributed by atoms with van der Waals surface area (Å²) in [6.07, 6.45) is 1.17. The van der Waals surface area contributed by atoms with E-state index in [0.29, 0.717) is 0 Å². The first-order chi connectivity index (χ1) is 8.45. The van der Waals surface area contributed by atoms with E-state index in [1.807, 2.05) is 0 Å². The van der Waals surface area contributed by atoms with Crippen LogP contribution < -0.4 is 5.32 Å². The van der Waals surface area contributed by atoms with Crippen molar-refractivity contribution in [1.29, 1.82) is 0 Å². The number of hydrogen-bond acceptors (Lipinski definition) is 2. The van der Waals surface area contributed by atoms with E-state index in [0.717, 1.165) is 19.6 Å². The molecule has 1 aromatic carbocycles. The molecule has 1 saturated heterocycles. The van der Waals surface area contributed by atoms with Crippen LogP contribution in [-0.2, 0) is 6.54 Å². The van der Waals surface area contributed by atoms with Crippen molar-refractivity contribution in [3.05, 3.63) is 35.9 Å². The van der Waals surface area contributed by atoms with E-state index < -0.39 is 0 Å². The second kappa shape index (κ2) is 5.02. The summed E-state index contributed by atoms with van der Waals surface area (Å²) in [6, 6.07) is 10.8. The van der Waals surface area contributed by atoms with Crippen molar-refractivity contribution in [2.75, 3.05) is 13.1 Å². The summed E-state index contributed by atoms with van der Waals surface area (Å²) in [5.74, 6) is 0. The Labute approximate surface area is 111 Å². The van der Waals surface area contributed by atoms with E-state index in [1.54, 1.807) is 0 Å². The third kappa shape index (κ3) is 2.93. The van der Waals surface area contributed by atoms with Gasteiger partial charge >= 0.3 is 0 Å². The summed E-state index contributed by atoms with van der Waals surface area (Å²) in [4.78, 5) is 2.61. The van der Waals surface area contributed by atoms with Gasteiger partial charge in [0, 0.05) is 30.7 Å². The Morgan fingerprint density at radius 2 is 1.83 bits per heavy atom. The molecule has 1 fully saturated rings. The number of nitrogens with zero attached hydrogens (tertiary/aromatic N) is 1. The van der Waals surface area contributed by atoms with E-state index in [4.69, 9.17) is 0 Å². The molecule has 1 aliphatic rings. The van der Waals surface area contributed by atoms with Crippen LogP contribution in [0.15, 0.2) is 30.3 Å². The molecule has 0 spiro atoms. The molecule has 1 atom stereocenters. The lowest BCUT2D eigenvalue weighted by molar-refractivity contribution is 0.0246. The van der Waals surface area contributed by atoms with Crippen LogP contribution in [0.2, 0.25) is 0 Å². The summed E-state index contributed by atoms with van der Waals surface area (Å²) in [5, 5.41) is 3.71. The molecule has 1 N–H and O–H groups in total. The molecule has 0 aromatic heterocycles. The van der Waals surface area contributed by atoms with Gasteiger partial charge in [-0.25, -0.2) is 0 Å². The Morgan fingerprint density at radius 1 is 1.17 bits per heavy atom. The smallest absolute Gasteiger partial charge is 0.0282 e. The monoisotopic (exact) mass is 246 g/mol. The van der Waals surface area contributed by atoms with Gasteiger partial charge in [-0.2, -0.15) is 0 Å². The third-order valence-electron chi connectivity index (χ3n) is 4.34. The van der Waals surface area contributed by atoms with Gasteiger partial charge < -0.3 is 5.32 Å². The van der Waals surface area contributed by atoms with Gasteiger partial charge in [-0.15, -0.1) is 0 Å². The highest BCUT2D eigenvalue weighted by atomic mass is 15.3. The fourth-order valence-electron chi connectivity index (χ4n) is 2.54. The van der Waals surface area contributed by atoms with Crippen molar-refractivity contribution in [1.82, 2.24) is 10.2 Å². The van der Waals surface area contributed by atoms with Crippen molar-refractivity contribution < 1.29 is 0 Å². The SMILES string of the molecule is CC[C@]1(C)CN(Cc2ccccc2)C(C)(C)CN1. The van der Waals surface area contributed by atoms with Crippen molar-refractivity contribution in [2.24, 2.45) is 0 Å². The predicted octanol–water partition coefficient (Wildman–Crippen LogP) is 3.04. The van der Waals surface area contributed by atoms with Gasteiger partial charge in [0.2, 0.25) is 0 Å². The summed E-state index contributed by atoms with van der Waals surface area (Å²) in [7, 11) is 0. The highest BCUT2D eigenvalue weighted by Crippen LogP contribution is 2.27. The Hall–Kier alpha value is -0.860. The molecule has 2 nitrogen and oxygen atoms in total. The van der Waals surface area contributed by atoms with E-state index in [1.165, 1.54) is 12.0 Å². The number of benzene rings is 1. The standard InChI is InChI=1S/C16H26N2/c1-5-16(4)13-18(15(2,3)12-17-16)11-14-9-7-6-8-10-14/h6-10,17H,5,11-13H2,1-4H3/t16-/m1/s1. The van der Waals surface area contributed by atoms with E-state index in [-0.39, 0.29) is 11.1 Å². The number of piperazine rings is 1. The predicted molar refractivity (Wildman–Crippen MR) is 77.6 cm³/mol. The molecule has 0 radical (unpaired) electrons. The maximum atomic E-state index is 3.71. The maximum absolute atomic E-state index is 3.71. The minimum absolute atomic E-state index is 0.227. The fourth-order valence-corrected chi connectivity index (χ4v) is 2.54. The Bertz CT molecular complexity index is 385. The number of nitrogens with one attached hydrogen (secondary N) is 1. The lowest BCUT2D eigenvalue weighted by Crippen LogP contribution is -2.66. The van der Waals surface area contributed by atoms with Gasteiger partial charge in [-0.3, -0.25) is 4.90 Å². The molecule has 0 unspecified atom stereocenters. The zero-order valence-corrected chi connectivity index (χ0v) is 12.2. The summed E-state index contributed by atoms with van der Waals surface area (Å²) < 4.78 is 0.